The Balaban J connectivity index is 1.54. The first kappa shape index (κ1) is 18.6. The van der Waals surface area contributed by atoms with E-state index in [-0.39, 0.29) is 12.1 Å². The third-order valence-electron chi connectivity index (χ3n) is 5.37. The fourth-order valence-corrected chi connectivity index (χ4v) is 4.30. The minimum absolute atomic E-state index is 0.00877. The van der Waals surface area contributed by atoms with Crippen molar-refractivity contribution < 1.29 is 4.42 Å². The molecule has 0 unspecified atom stereocenters. The van der Waals surface area contributed by atoms with Crippen molar-refractivity contribution >= 4 is 17.3 Å². The second-order valence-electron chi connectivity index (χ2n) is 7.25. The van der Waals surface area contributed by atoms with E-state index in [0.29, 0.717) is 13.1 Å². The van der Waals surface area contributed by atoms with Crippen molar-refractivity contribution in [3.05, 3.63) is 108 Å². The summed E-state index contributed by atoms with van der Waals surface area (Å²) in [6.07, 6.45) is 9.24. The Morgan fingerprint density at radius 2 is 1.87 bits per heavy atom. The van der Waals surface area contributed by atoms with Crippen molar-refractivity contribution in [2.24, 2.45) is 0 Å². The minimum Gasteiger partial charge on any atom is -0.467 e. The van der Waals surface area contributed by atoms with Crippen molar-refractivity contribution in [1.82, 2.24) is 24.8 Å². The molecule has 150 valence electrons. The zero-order valence-corrected chi connectivity index (χ0v) is 17.1. The van der Waals surface area contributed by atoms with Crippen LogP contribution in [0.1, 0.15) is 34.8 Å². The van der Waals surface area contributed by atoms with Gasteiger partial charge in [0.2, 0.25) is 0 Å². The summed E-state index contributed by atoms with van der Waals surface area (Å²) in [7, 11) is 0. The molecule has 0 aromatic carbocycles. The third kappa shape index (κ3) is 3.59. The van der Waals surface area contributed by atoms with Gasteiger partial charge < -0.3 is 19.2 Å². The Labute approximate surface area is 180 Å². The Hall–Kier alpha value is -3.45. The quantitative estimate of drug-likeness (QED) is 0.479. The van der Waals surface area contributed by atoms with Gasteiger partial charge in [0.1, 0.15) is 5.76 Å². The molecule has 5 heterocycles. The highest BCUT2D eigenvalue weighted by Crippen LogP contribution is 2.39. The number of hydrogen-bond donors (Lipinski definition) is 1. The first-order chi connectivity index (χ1) is 14.8. The molecule has 4 aromatic rings. The maximum absolute atomic E-state index is 5.77. The molecule has 1 saturated heterocycles. The standard InChI is InChI=1S/C23H21N5OS/c30-23-26-21(19-6-1-2-10-25-19)22(28(23)15-17-8-11-24-12-9-17)20-7-3-13-27(20)16-18-5-4-14-29-18/h1-14,21-22H,15-16H2,(H,26,30)/t21-,22-/m1/s1. The largest absolute Gasteiger partial charge is 0.467 e. The predicted octanol–water partition coefficient (Wildman–Crippen LogP) is 4.09. The smallest absolute Gasteiger partial charge is 0.170 e. The van der Waals surface area contributed by atoms with E-state index in [9.17, 15) is 0 Å². The Bertz CT molecular complexity index is 1110. The van der Waals surface area contributed by atoms with Crippen LogP contribution in [-0.2, 0) is 13.1 Å². The van der Waals surface area contributed by atoms with Gasteiger partial charge in [-0.15, -0.1) is 0 Å². The van der Waals surface area contributed by atoms with E-state index >= 15 is 0 Å². The molecule has 5 rings (SSSR count). The molecule has 4 aromatic heterocycles. The molecule has 7 heteroatoms. The Morgan fingerprint density at radius 1 is 0.967 bits per heavy atom. The van der Waals surface area contributed by atoms with Crippen LogP contribution < -0.4 is 5.32 Å². The average molecular weight is 416 g/mol. The Morgan fingerprint density at radius 3 is 2.63 bits per heavy atom. The molecule has 0 amide bonds. The van der Waals surface area contributed by atoms with Crippen LogP contribution in [0.15, 0.2) is 90.1 Å². The molecule has 0 radical (unpaired) electrons. The lowest BCUT2D eigenvalue weighted by atomic mass is 10.0. The maximum Gasteiger partial charge on any atom is 0.170 e. The van der Waals surface area contributed by atoms with Crippen molar-refractivity contribution in [2.75, 3.05) is 0 Å². The molecule has 1 aliphatic heterocycles. The van der Waals surface area contributed by atoms with Crippen LogP contribution in [0, 0.1) is 0 Å². The summed E-state index contributed by atoms with van der Waals surface area (Å²) in [5, 5.41) is 4.23. The molecule has 30 heavy (non-hydrogen) atoms. The summed E-state index contributed by atoms with van der Waals surface area (Å²) in [4.78, 5) is 11.0. The van der Waals surface area contributed by atoms with Gasteiger partial charge >= 0.3 is 0 Å². The van der Waals surface area contributed by atoms with E-state index in [1.54, 1.807) is 6.26 Å². The zero-order chi connectivity index (χ0) is 20.3. The second-order valence-corrected chi connectivity index (χ2v) is 7.64. The van der Waals surface area contributed by atoms with E-state index in [1.165, 1.54) is 0 Å². The van der Waals surface area contributed by atoms with Crippen LogP contribution in [0.4, 0.5) is 0 Å². The van der Waals surface area contributed by atoms with Gasteiger partial charge in [0.25, 0.3) is 0 Å². The molecule has 1 N–H and O–H groups in total. The van der Waals surface area contributed by atoms with Crippen molar-refractivity contribution in [2.45, 2.75) is 25.2 Å². The molecule has 1 fully saturated rings. The summed E-state index contributed by atoms with van der Waals surface area (Å²) in [5.74, 6) is 0.913. The van der Waals surface area contributed by atoms with Gasteiger partial charge in [-0.05, 0) is 66.3 Å². The number of hydrogen-bond acceptors (Lipinski definition) is 4. The summed E-state index contributed by atoms with van der Waals surface area (Å²) >= 11 is 5.77. The van der Waals surface area contributed by atoms with Gasteiger partial charge in [-0.1, -0.05) is 6.07 Å². The summed E-state index contributed by atoms with van der Waals surface area (Å²) < 4.78 is 7.80. The topological polar surface area (TPSA) is 59.1 Å². The molecule has 0 bridgehead atoms. The lowest BCUT2D eigenvalue weighted by Crippen LogP contribution is -2.30. The highest BCUT2D eigenvalue weighted by atomic mass is 32.1. The zero-order valence-electron chi connectivity index (χ0n) is 16.3. The van der Waals surface area contributed by atoms with Crippen LogP contribution in [0.5, 0.6) is 0 Å². The lowest BCUT2D eigenvalue weighted by molar-refractivity contribution is 0.296. The summed E-state index contributed by atoms with van der Waals surface area (Å²) in [6, 6.07) is 18.1. The number of nitrogens with one attached hydrogen (secondary N) is 1. The first-order valence-electron chi connectivity index (χ1n) is 9.84. The second kappa shape index (κ2) is 8.12. The third-order valence-corrected chi connectivity index (χ3v) is 5.73. The van der Waals surface area contributed by atoms with Gasteiger partial charge in [0.05, 0.1) is 30.6 Å². The highest BCUT2D eigenvalue weighted by Gasteiger charge is 2.41. The van der Waals surface area contributed by atoms with Crippen LogP contribution >= 0.6 is 12.2 Å². The molecular weight excluding hydrogens is 394 g/mol. The van der Waals surface area contributed by atoms with Crippen molar-refractivity contribution in [3.63, 3.8) is 0 Å². The number of aromatic nitrogens is 3. The normalized spacial score (nSPS) is 18.5. The molecule has 6 nitrogen and oxygen atoms in total. The minimum atomic E-state index is -0.0502. The van der Waals surface area contributed by atoms with Crippen LogP contribution in [0.25, 0.3) is 0 Å². The van der Waals surface area contributed by atoms with Gasteiger partial charge in [-0.2, -0.15) is 0 Å². The lowest BCUT2D eigenvalue weighted by Gasteiger charge is -2.29. The van der Waals surface area contributed by atoms with Gasteiger partial charge in [-0.3, -0.25) is 9.97 Å². The van der Waals surface area contributed by atoms with Crippen LogP contribution in [-0.4, -0.2) is 24.5 Å². The molecule has 0 spiro atoms. The number of furan rings is 1. The summed E-state index contributed by atoms with van der Waals surface area (Å²) in [5.41, 5.74) is 3.28. The molecular formula is C23H21N5OS. The predicted molar refractivity (Wildman–Crippen MR) is 117 cm³/mol. The van der Waals surface area contributed by atoms with E-state index < -0.39 is 0 Å². The van der Waals surface area contributed by atoms with Gasteiger partial charge in [0, 0.05) is 37.0 Å². The van der Waals surface area contributed by atoms with Crippen LogP contribution in [0.2, 0.25) is 0 Å². The van der Waals surface area contributed by atoms with Crippen molar-refractivity contribution in [1.29, 1.82) is 0 Å². The molecule has 0 saturated carbocycles. The average Bonchev–Trinajstić information content (AvgIpc) is 3.52. The number of thiocarbonyl (C=S) groups is 1. The number of nitrogens with zero attached hydrogens (tertiary/aromatic N) is 4. The maximum atomic E-state index is 5.77. The van der Waals surface area contributed by atoms with Crippen molar-refractivity contribution in [3.8, 4) is 0 Å². The van der Waals surface area contributed by atoms with Gasteiger partial charge in [0.15, 0.2) is 5.11 Å². The number of pyridine rings is 2. The van der Waals surface area contributed by atoms with Gasteiger partial charge in [-0.25, -0.2) is 0 Å². The molecule has 2 atom stereocenters. The fourth-order valence-electron chi connectivity index (χ4n) is 3.99. The fraction of sp³-hybridized carbons (Fsp3) is 0.174. The van der Waals surface area contributed by atoms with E-state index in [2.05, 4.69) is 43.1 Å². The van der Waals surface area contributed by atoms with E-state index in [0.717, 1.165) is 27.8 Å². The summed E-state index contributed by atoms with van der Waals surface area (Å²) in [6.45, 7) is 1.35. The highest BCUT2D eigenvalue weighted by molar-refractivity contribution is 7.80. The first-order valence-corrected chi connectivity index (χ1v) is 10.2. The van der Waals surface area contributed by atoms with E-state index in [4.69, 9.17) is 16.6 Å². The number of rotatable bonds is 6. The SMILES string of the molecule is S=C1N[C@H](c2ccccn2)[C@@H](c2cccn2Cc2ccco2)N1Cc1ccncc1. The molecule has 1 aliphatic rings. The monoisotopic (exact) mass is 415 g/mol. The Kier molecular flexibility index (Phi) is 5.03. The van der Waals surface area contributed by atoms with Crippen LogP contribution in [0.3, 0.4) is 0 Å². The van der Waals surface area contributed by atoms with E-state index in [1.807, 2.05) is 61.1 Å². The molecule has 0 aliphatic carbocycles.